The third-order valence-electron chi connectivity index (χ3n) is 2.89. The number of aromatic nitrogens is 2. The summed E-state index contributed by atoms with van der Waals surface area (Å²) in [6.07, 6.45) is 1.94. The Morgan fingerprint density at radius 1 is 1.19 bits per heavy atom. The van der Waals surface area contributed by atoms with E-state index in [1.165, 1.54) is 11.8 Å². The maximum absolute atomic E-state index is 5.89. The second kappa shape index (κ2) is 7.38. The van der Waals surface area contributed by atoms with Crippen molar-refractivity contribution in [1.29, 1.82) is 0 Å². The number of ether oxygens (including phenoxy) is 2. The molecule has 1 heterocycles. The highest BCUT2D eigenvalue weighted by Crippen LogP contribution is 2.28. The smallest absolute Gasteiger partial charge is 0.153 e. The van der Waals surface area contributed by atoms with E-state index >= 15 is 0 Å². The molecule has 0 saturated carbocycles. The molecular formula is C14H16ClN3O2S. The van der Waals surface area contributed by atoms with Gasteiger partial charge in [0.15, 0.2) is 5.15 Å². The average molecular weight is 326 g/mol. The van der Waals surface area contributed by atoms with Gasteiger partial charge < -0.3 is 14.8 Å². The first-order valence-electron chi connectivity index (χ1n) is 6.20. The first-order chi connectivity index (χ1) is 10.2. The number of thioether (sulfide) groups is 1. The van der Waals surface area contributed by atoms with Crippen molar-refractivity contribution in [3.05, 3.63) is 35.0 Å². The standard InChI is InChI=1S/C14H16ClN3O2S/c1-19-10-5-4-9(12(6-10)20-2)8-16-11-7-13(15)17-18-14(11)21-3/h4-7H,8H2,1-3H3,(H,16,17). The molecule has 0 unspecified atom stereocenters. The molecule has 112 valence electrons. The van der Waals surface area contributed by atoms with Crippen LogP contribution in [-0.2, 0) is 6.54 Å². The maximum Gasteiger partial charge on any atom is 0.153 e. The summed E-state index contributed by atoms with van der Waals surface area (Å²) in [5.74, 6) is 1.52. The number of rotatable bonds is 6. The molecule has 0 aliphatic rings. The van der Waals surface area contributed by atoms with E-state index in [-0.39, 0.29) is 0 Å². The lowest BCUT2D eigenvalue weighted by Gasteiger charge is -2.13. The van der Waals surface area contributed by atoms with Crippen LogP contribution in [0.2, 0.25) is 5.15 Å². The molecule has 0 saturated heterocycles. The van der Waals surface area contributed by atoms with Crippen molar-refractivity contribution in [3.8, 4) is 11.5 Å². The molecule has 0 radical (unpaired) electrons. The molecule has 0 spiro atoms. The zero-order valence-corrected chi connectivity index (χ0v) is 13.6. The van der Waals surface area contributed by atoms with Crippen LogP contribution in [0.3, 0.4) is 0 Å². The van der Waals surface area contributed by atoms with Crippen LogP contribution in [0.1, 0.15) is 5.56 Å². The number of methoxy groups -OCH3 is 2. The Bertz CT molecular complexity index is 625. The largest absolute Gasteiger partial charge is 0.497 e. The average Bonchev–Trinajstić information content (AvgIpc) is 2.52. The lowest BCUT2D eigenvalue weighted by atomic mass is 10.2. The third kappa shape index (κ3) is 3.92. The van der Waals surface area contributed by atoms with Crippen molar-refractivity contribution in [2.45, 2.75) is 11.6 Å². The van der Waals surface area contributed by atoms with Gasteiger partial charge in [-0.05, 0) is 18.4 Å². The minimum Gasteiger partial charge on any atom is -0.497 e. The fourth-order valence-corrected chi connectivity index (χ4v) is 2.44. The summed E-state index contributed by atoms with van der Waals surface area (Å²) in [5, 5.41) is 12.3. The molecule has 0 bridgehead atoms. The molecule has 2 rings (SSSR count). The van der Waals surface area contributed by atoms with E-state index in [0.29, 0.717) is 11.7 Å². The van der Waals surface area contributed by atoms with E-state index in [4.69, 9.17) is 21.1 Å². The van der Waals surface area contributed by atoms with Crippen LogP contribution in [0.4, 0.5) is 5.69 Å². The van der Waals surface area contributed by atoms with Gasteiger partial charge in [0.25, 0.3) is 0 Å². The van der Waals surface area contributed by atoms with Crippen molar-refractivity contribution in [2.24, 2.45) is 0 Å². The Morgan fingerprint density at radius 3 is 2.67 bits per heavy atom. The Kier molecular flexibility index (Phi) is 5.52. The first kappa shape index (κ1) is 15.7. The fourth-order valence-electron chi connectivity index (χ4n) is 1.82. The Morgan fingerprint density at radius 2 is 2.00 bits per heavy atom. The van der Waals surface area contributed by atoms with Crippen LogP contribution in [0, 0.1) is 0 Å². The summed E-state index contributed by atoms with van der Waals surface area (Å²) < 4.78 is 10.6. The highest BCUT2D eigenvalue weighted by molar-refractivity contribution is 7.98. The fraction of sp³-hybridized carbons (Fsp3) is 0.286. The molecule has 21 heavy (non-hydrogen) atoms. The molecule has 0 fully saturated rings. The highest BCUT2D eigenvalue weighted by Gasteiger charge is 2.08. The van der Waals surface area contributed by atoms with Crippen LogP contribution >= 0.6 is 23.4 Å². The van der Waals surface area contributed by atoms with Crippen molar-refractivity contribution >= 4 is 29.1 Å². The van der Waals surface area contributed by atoms with E-state index in [2.05, 4.69) is 15.5 Å². The number of halogens is 1. The second-order valence-corrected chi connectivity index (χ2v) is 5.30. The number of hydrogen-bond acceptors (Lipinski definition) is 6. The number of nitrogens with one attached hydrogen (secondary N) is 1. The normalized spacial score (nSPS) is 10.3. The number of benzene rings is 1. The molecule has 1 aromatic heterocycles. The topological polar surface area (TPSA) is 56.3 Å². The maximum atomic E-state index is 5.89. The first-order valence-corrected chi connectivity index (χ1v) is 7.80. The monoisotopic (exact) mass is 325 g/mol. The van der Waals surface area contributed by atoms with Crippen molar-refractivity contribution in [2.75, 3.05) is 25.8 Å². The molecule has 0 atom stereocenters. The predicted octanol–water partition coefficient (Wildman–Crippen LogP) is 3.48. The predicted molar refractivity (Wildman–Crippen MR) is 85.7 cm³/mol. The van der Waals surface area contributed by atoms with E-state index in [1.807, 2.05) is 24.5 Å². The van der Waals surface area contributed by atoms with Gasteiger partial charge in [0, 0.05) is 24.2 Å². The van der Waals surface area contributed by atoms with Gasteiger partial charge in [0.1, 0.15) is 16.5 Å². The van der Waals surface area contributed by atoms with E-state index < -0.39 is 0 Å². The molecular weight excluding hydrogens is 310 g/mol. The Balaban J connectivity index is 2.18. The Labute approximate surface area is 133 Å². The Hall–Kier alpha value is -1.66. The van der Waals surface area contributed by atoms with Gasteiger partial charge in [-0.2, -0.15) is 0 Å². The van der Waals surface area contributed by atoms with Crippen LogP contribution in [0.5, 0.6) is 11.5 Å². The van der Waals surface area contributed by atoms with Crippen LogP contribution in [-0.4, -0.2) is 30.7 Å². The molecule has 0 aliphatic heterocycles. The van der Waals surface area contributed by atoms with Crippen molar-refractivity contribution in [3.63, 3.8) is 0 Å². The summed E-state index contributed by atoms with van der Waals surface area (Å²) in [7, 11) is 3.26. The van der Waals surface area contributed by atoms with Crippen molar-refractivity contribution in [1.82, 2.24) is 10.2 Å². The van der Waals surface area contributed by atoms with Crippen molar-refractivity contribution < 1.29 is 9.47 Å². The van der Waals surface area contributed by atoms with Crippen LogP contribution in [0.25, 0.3) is 0 Å². The lowest BCUT2D eigenvalue weighted by Crippen LogP contribution is -2.04. The van der Waals surface area contributed by atoms with Gasteiger partial charge in [0.2, 0.25) is 0 Å². The minimum atomic E-state index is 0.358. The minimum absolute atomic E-state index is 0.358. The zero-order valence-electron chi connectivity index (χ0n) is 12.0. The van der Waals surface area contributed by atoms with Gasteiger partial charge in [-0.15, -0.1) is 22.0 Å². The van der Waals surface area contributed by atoms with E-state index in [9.17, 15) is 0 Å². The summed E-state index contributed by atoms with van der Waals surface area (Å²) >= 11 is 7.40. The highest BCUT2D eigenvalue weighted by atomic mass is 35.5. The SMILES string of the molecule is COc1ccc(CNc2cc(Cl)nnc2SC)c(OC)c1. The van der Waals surface area contributed by atoms with Crippen LogP contribution < -0.4 is 14.8 Å². The summed E-state index contributed by atoms with van der Waals surface area (Å²) in [6.45, 7) is 0.586. The number of anilines is 1. The molecule has 7 heteroatoms. The van der Waals surface area contributed by atoms with Gasteiger partial charge >= 0.3 is 0 Å². The summed E-state index contributed by atoms with van der Waals surface area (Å²) in [5.41, 5.74) is 1.86. The van der Waals surface area contributed by atoms with Gasteiger partial charge in [0.05, 0.1) is 19.9 Å². The van der Waals surface area contributed by atoms with Gasteiger partial charge in [-0.3, -0.25) is 0 Å². The summed E-state index contributed by atoms with van der Waals surface area (Å²) in [6, 6.07) is 7.47. The van der Waals surface area contributed by atoms with Gasteiger partial charge in [-0.1, -0.05) is 11.6 Å². The molecule has 0 amide bonds. The van der Waals surface area contributed by atoms with Gasteiger partial charge in [-0.25, -0.2) is 0 Å². The van der Waals surface area contributed by atoms with Crippen LogP contribution in [0.15, 0.2) is 29.3 Å². The molecule has 5 nitrogen and oxygen atoms in total. The van der Waals surface area contributed by atoms with E-state index in [1.54, 1.807) is 20.3 Å². The molecule has 1 aromatic carbocycles. The quantitative estimate of drug-likeness (QED) is 0.821. The zero-order chi connectivity index (χ0) is 15.2. The third-order valence-corrected chi connectivity index (χ3v) is 3.76. The summed E-state index contributed by atoms with van der Waals surface area (Å²) in [4.78, 5) is 0. The number of nitrogens with zero attached hydrogens (tertiary/aromatic N) is 2. The second-order valence-electron chi connectivity index (χ2n) is 4.12. The lowest BCUT2D eigenvalue weighted by molar-refractivity contribution is 0.391. The van der Waals surface area contributed by atoms with E-state index in [0.717, 1.165) is 27.8 Å². The molecule has 1 N–H and O–H groups in total. The number of hydrogen-bond donors (Lipinski definition) is 1. The molecule has 2 aromatic rings. The molecule has 0 aliphatic carbocycles.